The Balaban J connectivity index is 1.08. The number of thiazole rings is 1. The van der Waals surface area contributed by atoms with Crippen molar-refractivity contribution < 1.29 is 15.0 Å². The number of nitrogens with zero attached hydrogens (tertiary/aromatic N) is 2. The van der Waals surface area contributed by atoms with Gasteiger partial charge in [-0.2, -0.15) is 0 Å². The summed E-state index contributed by atoms with van der Waals surface area (Å²) in [5.41, 5.74) is 1.79. The summed E-state index contributed by atoms with van der Waals surface area (Å²) in [5, 5.41) is 27.7. The van der Waals surface area contributed by atoms with Crippen LogP contribution >= 0.6 is 11.3 Å². The molecule has 10 atom stereocenters. The second-order valence-corrected chi connectivity index (χ2v) is 14.6. The Hall–Kier alpha value is -1.83. The van der Waals surface area contributed by atoms with Crippen molar-refractivity contribution in [2.45, 2.75) is 97.2 Å². The number of hydrogen-bond acceptors (Lipinski definition) is 6. The molecule has 7 heteroatoms. The van der Waals surface area contributed by atoms with Crippen LogP contribution < -0.4 is 5.32 Å². The van der Waals surface area contributed by atoms with E-state index in [-0.39, 0.29) is 28.9 Å². The predicted octanol–water partition coefficient (Wildman–Crippen LogP) is 6.55. The fraction of sp³-hybridized carbons (Fsp3) is 0.719. The van der Waals surface area contributed by atoms with E-state index in [1.54, 1.807) is 6.20 Å². The first-order valence-electron chi connectivity index (χ1n) is 15.2. The fourth-order valence-corrected chi connectivity index (χ4v) is 10.6. The Morgan fingerprint density at radius 2 is 1.95 bits per heavy atom. The third-order valence-electron chi connectivity index (χ3n) is 12.0. The number of aromatic nitrogens is 2. The lowest BCUT2D eigenvalue weighted by molar-refractivity contribution is -0.174. The summed E-state index contributed by atoms with van der Waals surface area (Å²) in [6, 6.07) is 5.74. The van der Waals surface area contributed by atoms with Crippen molar-refractivity contribution in [3.63, 3.8) is 0 Å². The molecule has 2 aromatic rings. The highest BCUT2D eigenvalue weighted by Crippen LogP contribution is 2.68. The number of pyridine rings is 1. The van der Waals surface area contributed by atoms with Crippen molar-refractivity contribution in [3.8, 4) is 11.4 Å². The minimum Gasteiger partial charge on any atom is -0.393 e. The molecule has 4 aliphatic carbocycles. The van der Waals surface area contributed by atoms with Gasteiger partial charge in [-0.05, 0) is 116 Å². The van der Waals surface area contributed by atoms with E-state index >= 15 is 0 Å². The average Bonchev–Trinajstić information content (AvgIpc) is 3.54. The van der Waals surface area contributed by atoms with Gasteiger partial charge in [-0.1, -0.05) is 26.8 Å². The summed E-state index contributed by atoms with van der Waals surface area (Å²) in [7, 11) is 0. The first-order chi connectivity index (χ1) is 18.7. The van der Waals surface area contributed by atoms with Gasteiger partial charge in [0.25, 0.3) is 0 Å². The SMILES string of the molecule is C[C@H](CCC(=O)Nc1nc(-c2ccccn2)cs1)[C@H]1CC[C@H]2[C@@H]3CC[C@@H]4C[C@H](O)CC[C@]4(C)[C@H]3C[C@H](O)[C@]12C. The molecule has 0 spiro atoms. The van der Waals surface area contributed by atoms with E-state index in [1.807, 2.05) is 23.6 Å². The van der Waals surface area contributed by atoms with Crippen molar-refractivity contribution in [3.05, 3.63) is 29.8 Å². The van der Waals surface area contributed by atoms with Gasteiger partial charge in [-0.15, -0.1) is 11.3 Å². The fourth-order valence-electron chi connectivity index (χ4n) is 9.86. The molecular formula is C32H45N3O3S. The Morgan fingerprint density at radius 1 is 1.10 bits per heavy atom. The lowest BCUT2D eigenvalue weighted by atomic mass is 9.43. The Kier molecular flexibility index (Phi) is 7.39. The van der Waals surface area contributed by atoms with Crippen molar-refractivity contribution in [1.82, 2.24) is 9.97 Å². The molecule has 4 saturated carbocycles. The molecule has 0 bridgehead atoms. The summed E-state index contributed by atoms with van der Waals surface area (Å²) >= 11 is 1.43. The first kappa shape index (κ1) is 27.3. The highest BCUT2D eigenvalue weighted by molar-refractivity contribution is 7.14. The minimum atomic E-state index is -0.282. The number of aliphatic hydroxyl groups is 2. The van der Waals surface area contributed by atoms with Gasteiger partial charge in [0.1, 0.15) is 5.69 Å². The van der Waals surface area contributed by atoms with Crippen LogP contribution in [0.15, 0.2) is 29.8 Å². The van der Waals surface area contributed by atoms with Crippen LogP contribution in [0, 0.1) is 46.3 Å². The van der Waals surface area contributed by atoms with Gasteiger partial charge in [0.15, 0.2) is 5.13 Å². The van der Waals surface area contributed by atoms with Crippen LogP contribution in [0.5, 0.6) is 0 Å². The third kappa shape index (κ3) is 4.76. The molecule has 0 aliphatic heterocycles. The zero-order valence-electron chi connectivity index (χ0n) is 23.7. The number of nitrogens with one attached hydrogen (secondary N) is 1. The molecule has 6 nitrogen and oxygen atoms in total. The average molecular weight is 552 g/mol. The number of amides is 1. The Labute approximate surface area is 237 Å². The quantitative estimate of drug-likeness (QED) is 0.378. The number of anilines is 1. The third-order valence-corrected chi connectivity index (χ3v) is 12.8. The molecule has 1 amide bonds. The lowest BCUT2D eigenvalue weighted by Crippen LogP contribution is -2.58. The zero-order valence-corrected chi connectivity index (χ0v) is 24.5. The van der Waals surface area contributed by atoms with Crippen LogP contribution in [0.25, 0.3) is 11.4 Å². The number of hydrogen-bond donors (Lipinski definition) is 3. The number of fused-ring (bicyclic) bond motifs is 5. The molecule has 3 N–H and O–H groups in total. The second-order valence-electron chi connectivity index (χ2n) is 13.7. The highest BCUT2D eigenvalue weighted by Gasteiger charge is 2.63. The molecule has 2 heterocycles. The van der Waals surface area contributed by atoms with Crippen LogP contribution in [0.4, 0.5) is 5.13 Å². The van der Waals surface area contributed by atoms with Crippen molar-refractivity contribution in [2.24, 2.45) is 46.3 Å². The van der Waals surface area contributed by atoms with Crippen molar-refractivity contribution in [2.75, 3.05) is 5.32 Å². The molecule has 0 aromatic carbocycles. The monoisotopic (exact) mass is 551 g/mol. The van der Waals surface area contributed by atoms with Gasteiger partial charge < -0.3 is 15.5 Å². The van der Waals surface area contributed by atoms with Crippen LogP contribution in [0.2, 0.25) is 0 Å². The molecule has 4 aliphatic rings. The summed E-state index contributed by atoms with van der Waals surface area (Å²) in [6.45, 7) is 7.15. The molecule has 0 unspecified atom stereocenters. The summed E-state index contributed by atoms with van der Waals surface area (Å²) in [6.07, 6.45) is 11.4. The predicted molar refractivity (Wildman–Crippen MR) is 155 cm³/mol. The topological polar surface area (TPSA) is 95.3 Å². The molecule has 39 heavy (non-hydrogen) atoms. The molecule has 6 rings (SSSR count). The largest absolute Gasteiger partial charge is 0.393 e. The Bertz CT molecular complexity index is 1170. The molecule has 4 fully saturated rings. The number of carbonyl (C=O) groups excluding carboxylic acids is 1. The van der Waals surface area contributed by atoms with Crippen LogP contribution in [0.3, 0.4) is 0 Å². The lowest BCUT2D eigenvalue weighted by Gasteiger charge is -2.62. The summed E-state index contributed by atoms with van der Waals surface area (Å²) in [4.78, 5) is 21.8. The molecular weight excluding hydrogens is 506 g/mol. The number of carbonyl (C=O) groups is 1. The maximum atomic E-state index is 12.9. The van der Waals surface area contributed by atoms with Gasteiger partial charge in [0.2, 0.25) is 5.91 Å². The van der Waals surface area contributed by atoms with E-state index in [1.165, 1.54) is 30.6 Å². The van der Waals surface area contributed by atoms with E-state index < -0.39 is 0 Å². The highest BCUT2D eigenvalue weighted by atomic mass is 32.1. The standard InChI is InChI=1S/C32H45N3O3S/c1-19(7-12-29(38)35-30-34-27(18-39-30)26-6-4-5-15-33-26)23-10-11-24-22-9-8-20-16-21(36)13-14-31(20,2)25(22)17-28(37)32(23,24)3/h4-6,15,18-25,28,36-37H,7-14,16-17H2,1-3H3,(H,34,35,38)/t19-,20-,21-,22+,23-,24+,25+,28+,31+,32-/m1/s1. The maximum Gasteiger partial charge on any atom is 0.226 e. The van der Waals surface area contributed by atoms with E-state index in [2.05, 4.69) is 36.1 Å². The normalized spacial score (nSPS) is 40.3. The molecule has 212 valence electrons. The van der Waals surface area contributed by atoms with Gasteiger partial charge >= 0.3 is 0 Å². The Morgan fingerprint density at radius 3 is 2.74 bits per heavy atom. The summed E-state index contributed by atoms with van der Waals surface area (Å²) in [5.74, 6) is 3.27. The smallest absolute Gasteiger partial charge is 0.226 e. The number of aliphatic hydroxyl groups excluding tert-OH is 2. The second kappa shape index (κ2) is 10.5. The number of rotatable bonds is 6. The van der Waals surface area contributed by atoms with Gasteiger partial charge in [0, 0.05) is 18.0 Å². The van der Waals surface area contributed by atoms with Crippen LogP contribution in [0.1, 0.15) is 85.0 Å². The maximum absolute atomic E-state index is 12.9. The van der Waals surface area contributed by atoms with Crippen molar-refractivity contribution in [1.29, 1.82) is 0 Å². The van der Waals surface area contributed by atoms with E-state index in [0.717, 1.165) is 49.9 Å². The first-order valence-corrected chi connectivity index (χ1v) is 16.1. The van der Waals surface area contributed by atoms with E-state index in [9.17, 15) is 15.0 Å². The van der Waals surface area contributed by atoms with Crippen LogP contribution in [-0.2, 0) is 4.79 Å². The summed E-state index contributed by atoms with van der Waals surface area (Å²) < 4.78 is 0. The van der Waals surface area contributed by atoms with Crippen molar-refractivity contribution >= 4 is 22.4 Å². The van der Waals surface area contributed by atoms with Crippen LogP contribution in [-0.4, -0.2) is 38.3 Å². The van der Waals surface area contributed by atoms with E-state index in [4.69, 9.17) is 0 Å². The van der Waals surface area contributed by atoms with E-state index in [0.29, 0.717) is 47.1 Å². The van der Waals surface area contributed by atoms with Gasteiger partial charge in [-0.25, -0.2) is 4.98 Å². The molecule has 0 saturated heterocycles. The van der Waals surface area contributed by atoms with Gasteiger partial charge in [-0.3, -0.25) is 9.78 Å². The minimum absolute atomic E-state index is 0.0125. The van der Waals surface area contributed by atoms with Gasteiger partial charge in [0.05, 0.1) is 17.9 Å². The molecule has 0 radical (unpaired) electrons. The zero-order chi connectivity index (χ0) is 27.4. The molecule has 2 aromatic heterocycles.